The van der Waals surface area contributed by atoms with Crippen molar-refractivity contribution in [3.05, 3.63) is 78.0 Å². The Kier molecular flexibility index (Phi) is 6.32. The molecule has 0 saturated heterocycles. The van der Waals surface area contributed by atoms with Gasteiger partial charge in [-0.1, -0.05) is 32.0 Å². The lowest BCUT2D eigenvalue weighted by Crippen LogP contribution is -2.22. The average Bonchev–Trinajstić information content (AvgIpc) is 2.73. The number of hydrogen-bond acceptors (Lipinski definition) is 5. The van der Waals surface area contributed by atoms with Crippen LogP contribution in [0.2, 0.25) is 0 Å². The van der Waals surface area contributed by atoms with E-state index in [2.05, 4.69) is 34.1 Å². The number of amides is 1. The molecule has 0 saturated carbocycles. The van der Waals surface area contributed by atoms with Gasteiger partial charge < -0.3 is 10.2 Å². The maximum absolute atomic E-state index is 12.5. The average molecular weight is 375 g/mol. The standard InChI is InChI=1S/C22H25N5O/c1-16(2)18-6-4-5-7-19(18)26-22(28)20-14-25-21(15-24-20)27(3)13-10-17-8-11-23-12-9-17/h4-9,11-12,14-16H,10,13H2,1-3H3,(H,26,28). The predicted octanol–water partition coefficient (Wildman–Crippen LogP) is 3.93. The zero-order valence-electron chi connectivity index (χ0n) is 16.5. The topological polar surface area (TPSA) is 71.0 Å². The Morgan fingerprint density at radius 3 is 2.50 bits per heavy atom. The van der Waals surface area contributed by atoms with Gasteiger partial charge in [0.1, 0.15) is 11.5 Å². The van der Waals surface area contributed by atoms with E-state index in [1.165, 1.54) is 11.8 Å². The first-order chi connectivity index (χ1) is 13.5. The van der Waals surface area contributed by atoms with Crippen LogP contribution in [0.25, 0.3) is 0 Å². The third-order valence-corrected chi connectivity index (χ3v) is 4.58. The van der Waals surface area contributed by atoms with Crippen molar-refractivity contribution >= 4 is 17.4 Å². The summed E-state index contributed by atoms with van der Waals surface area (Å²) in [5, 5.41) is 2.94. The number of likely N-dealkylation sites (N-methyl/N-ethyl adjacent to an activating group) is 1. The number of aromatic nitrogens is 3. The lowest BCUT2D eigenvalue weighted by atomic mass is 10.0. The number of anilines is 2. The van der Waals surface area contributed by atoms with Crippen molar-refractivity contribution in [2.24, 2.45) is 0 Å². The van der Waals surface area contributed by atoms with Crippen LogP contribution in [0.4, 0.5) is 11.5 Å². The van der Waals surface area contributed by atoms with Crippen LogP contribution in [0.15, 0.2) is 61.2 Å². The predicted molar refractivity (Wildman–Crippen MR) is 112 cm³/mol. The Balaban J connectivity index is 1.63. The molecule has 0 atom stereocenters. The first kappa shape index (κ1) is 19.5. The minimum Gasteiger partial charge on any atom is -0.358 e. The van der Waals surface area contributed by atoms with E-state index in [4.69, 9.17) is 0 Å². The van der Waals surface area contributed by atoms with E-state index < -0.39 is 0 Å². The first-order valence-corrected chi connectivity index (χ1v) is 9.37. The third-order valence-electron chi connectivity index (χ3n) is 4.58. The highest BCUT2D eigenvalue weighted by atomic mass is 16.1. The molecule has 6 nitrogen and oxygen atoms in total. The Bertz CT molecular complexity index is 910. The molecule has 6 heteroatoms. The summed E-state index contributed by atoms with van der Waals surface area (Å²) < 4.78 is 0. The van der Waals surface area contributed by atoms with E-state index in [0.29, 0.717) is 11.6 Å². The summed E-state index contributed by atoms with van der Waals surface area (Å²) >= 11 is 0. The molecule has 2 heterocycles. The van der Waals surface area contributed by atoms with E-state index in [9.17, 15) is 4.79 Å². The highest BCUT2D eigenvalue weighted by Gasteiger charge is 2.13. The monoisotopic (exact) mass is 375 g/mol. The van der Waals surface area contributed by atoms with E-state index in [1.807, 2.05) is 48.3 Å². The van der Waals surface area contributed by atoms with Gasteiger partial charge in [0.25, 0.3) is 5.91 Å². The molecule has 1 N–H and O–H groups in total. The van der Waals surface area contributed by atoms with Crippen molar-refractivity contribution in [2.75, 3.05) is 23.8 Å². The quantitative estimate of drug-likeness (QED) is 0.678. The first-order valence-electron chi connectivity index (χ1n) is 9.37. The molecule has 0 aliphatic carbocycles. The summed E-state index contributed by atoms with van der Waals surface area (Å²) in [4.78, 5) is 27.3. The summed E-state index contributed by atoms with van der Waals surface area (Å²) in [6.45, 7) is 4.99. The molecule has 28 heavy (non-hydrogen) atoms. The van der Waals surface area contributed by atoms with Crippen LogP contribution in [-0.4, -0.2) is 34.5 Å². The smallest absolute Gasteiger partial charge is 0.275 e. The van der Waals surface area contributed by atoms with Crippen LogP contribution in [0, 0.1) is 0 Å². The van der Waals surface area contributed by atoms with Crippen LogP contribution in [-0.2, 0) is 6.42 Å². The van der Waals surface area contributed by atoms with Crippen LogP contribution >= 0.6 is 0 Å². The SMILES string of the molecule is CC(C)c1ccccc1NC(=O)c1cnc(N(C)CCc2ccncc2)cn1. The van der Waals surface area contributed by atoms with Crippen LogP contribution < -0.4 is 10.2 Å². The molecule has 1 aromatic carbocycles. The number of para-hydroxylation sites is 1. The fourth-order valence-electron chi connectivity index (χ4n) is 2.90. The highest BCUT2D eigenvalue weighted by Crippen LogP contribution is 2.24. The fourth-order valence-corrected chi connectivity index (χ4v) is 2.90. The van der Waals surface area contributed by atoms with Gasteiger partial charge in [0, 0.05) is 31.7 Å². The molecule has 0 spiro atoms. The van der Waals surface area contributed by atoms with Gasteiger partial charge in [-0.25, -0.2) is 9.97 Å². The van der Waals surface area contributed by atoms with Crippen molar-refractivity contribution in [1.82, 2.24) is 15.0 Å². The molecule has 1 amide bonds. The molecule has 0 aliphatic heterocycles. The summed E-state index contributed by atoms with van der Waals surface area (Å²) in [5.74, 6) is 0.791. The molecule has 0 bridgehead atoms. The molecule has 0 unspecified atom stereocenters. The van der Waals surface area contributed by atoms with Crippen molar-refractivity contribution in [3.8, 4) is 0 Å². The van der Waals surface area contributed by atoms with Gasteiger partial charge >= 0.3 is 0 Å². The van der Waals surface area contributed by atoms with E-state index in [1.54, 1.807) is 18.6 Å². The largest absolute Gasteiger partial charge is 0.358 e. The molecule has 3 rings (SSSR count). The minimum atomic E-state index is -0.258. The summed E-state index contributed by atoms with van der Waals surface area (Å²) in [7, 11) is 1.96. The van der Waals surface area contributed by atoms with Crippen molar-refractivity contribution < 1.29 is 4.79 Å². The third kappa shape index (κ3) is 4.91. The van der Waals surface area contributed by atoms with Crippen molar-refractivity contribution in [1.29, 1.82) is 0 Å². The van der Waals surface area contributed by atoms with Gasteiger partial charge in [-0.15, -0.1) is 0 Å². The molecule has 0 aliphatic rings. The minimum absolute atomic E-state index is 0.258. The molecule has 3 aromatic rings. The molecule has 0 radical (unpaired) electrons. The van der Waals surface area contributed by atoms with Gasteiger partial charge in [-0.2, -0.15) is 0 Å². The Hall–Kier alpha value is -3.28. The highest BCUT2D eigenvalue weighted by molar-refractivity contribution is 6.03. The Morgan fingerprint density at radius 2 is 1.82 bits per heavy atom. The molecule has 0 fully saturated rings. The zero-order valence-corrected chi connectivity index (χ0v) is 16.5. The van der Waals surface area contributed by atoms with E-state index in [-0.39, 0.29) is 5.91 Å². The second kappa shape index (κ2) is 9.08. The van der Waals surface area contributed by atoms with Crippen LogP contribution in [0.1, 0.15) is 41.4 Å². The van der Waals surface area contributed by atoms with Crippen LogP contribution in [0.3, 0.4) is 0 Å². The second-order valence-corrected chi connectivity index (χ2v) is 6.98. The number of carbonyl (C=O) groups is 1. The van der Waals surface area contributed by atoms with Gasteiger partial charge in [-0.05, 0) is 41.7 Å². The van der Waals surface area contributed by atoms with Gasteiger partial charge in [0.05, 0.1) is 12.4 Å². The van der Waals surface area contributed by atoms with E-state index in [0.717, 1.165) is 30.0 Å². The zero-order chi connectivity index (χ0) is 19.9. The van der Waals surface area contributed by atoms with Crippen molar-refractivity contribution in [2.45, 2.75) is 26.2 Å². The Morgan fingerprint density at radius 1 is 1.07 bits per heavy atom. The lowest BCUT2D eigenvalue weighted by Gasteiger charge is -2.18. The number of carbonyl (C=O) groups excluding carboxylic acids is 1. The van der Waals surface area contributed by atoms with Crippen LogP contribution in [0.5, 0.6) is 0 Å². The number of rotatable bonds is 7. The fraction of sp³-hybridized carbons (Fsp3) is 0.273. The van der Waals surface area contributed by atoms with Crippen molar-refractivity contribution in [3.63, 3.8) is 0 Å². The van der Waals surface area contributed by atoms with E-state index >= 15 is 0 Å². The van der Waals surface area contributed by atoms with Gasteiger partial charge in [0.2, 0.25) is 0 Å². The number of hydrogen-bond donors (Lipinski definition) is 1. The number of nitrogens with zero attached hydrogens (tertiary/aromatic N) is 4. The molecule has 2 aromatic heterocycles. The summed E-state index contributed by atoms with van der Waals surface area (Å²) in [5.41, 5.74) is 3.42. The Labute approximate surface area is 165 Å². The number of pyridine rings is 1. The second-order valence-electron chi connectivity index (χ2n) is 6.98. The molecular weight excluding hydrogens is 350 g/mol. The lowest BCUT2D eigenvalue weighted by molar-refractivity contribution is 0.102. The summed E-state index contributed by atoms with van der Waals surface area (Å²) in [6, 6.07) is 11.8. The number of benzene rings is 1. The number of nitrogens with one attached hydrogen (secondary N) is 1. The van der Waals surface area contributed by atoms with Gasteiger partial charge in [-0.3, -0.25) is 9.78 Å². The summed E-state index contributed by atoms with van der Waals surface area (Å²) in [6.07, 6.45) is 7.62. The molecule has 144 valence electrons. The van der Waals surface area contributed by atoms with Gasteiger partial charge in [0.15, 0.2) is 0 Å². The maximum Gasteiger partial charge on any atom is 0.275 e. The maximum atomic E-state index is 12.5. The molecular formula is C22H25N5O. The normalized spacial score (nSPS) is 10.7.